The minimum Gasteiger partial charge on any atom is -0.465 e. The van der Waals surface area contributed by atoms with Gasteiger partial charge in [0.15, 0.2) is 0 Å². The Kier molecular flexibility index (Phi) is 4.27. The summed E-state index contributed by atoms with van der Waals surface area (Å²) in [5.41, 5.74) is 2.40. The van der Waals surface area contributed by atoms with Gasteiger partial charge in [-0.15, -0.1) is 0 Å². The summed E-state index contributed by atoms with van der Waals surface area (Å²) in [4.78, 5) is 25.4. The Morgan fingerprint density at radius 1 is 1.07 bits per heavy atom. The van der Waals surface area contributed by atoms with E-state index in [1.165, 1.54) is 30.1 Å². The lowest BCUT2D eigenvalue weighted by Crippen LogP contribution is -2.16. The van der Waals surface area contributed by atoms with Crippen molar-refractivity contribution in [1.82, 2.24) is 14.3 Å². The number of ether oxygens (including phenoxy) is 1. The third-order valence-electron chi connectivity index (χ3n) is 4.54. The maximum absolute atomic E-state index is 13.3. The Morgan fingerprint density at radius 3 is 2.46 bits per heavy atom. The van der Waals surface area contributed by atoms with Crippen LogP contribution in [0.2, 0.25) is 0 Å². The first-order chi connectivity index (χ1) is 13.5. The second kappa shape index (κ2) is 6.77. The average molecular weight is 377 g/mol. The van der Waals surface area contributed by atoms with Crippen molar-refractivity contribution in [1.29, 1.82) is 0 Å². The van der Waals surface area contributed by atoms with Gasteiger partial charge in [0.05, 0.1) is 18.4 Å². The maximum atomic E-state index is 13.3. The number of hydrogen-bond acceptors (Lipinski definition) is 4. The number of benzene rings is 2. The van der Waals surface area contributed by atoms with Crippen molar-refractivity contribution >= 4 is 5.97 Å². The fraction of sp³-hybridized carbons (Fsp3) is 0.0952. The van der Waals surface area contributed by atoms with Gasteiger partial charge in [-0.2, -0.15) is 9.78 Å². The Balaban J connectivity index is 2.01. The number of carbonyl (C=O) groups excluding carboxylic acids is 1. The highest BCUT2D eigenvalue weighted by Gasteiger charge is 2.25. The summed E-state index contributed by atoms with van der Waals surface area (Å²) in [6.07, 6.45) is 3.11. The maximum Gasteiger partial charge on any atom is 0.341 e. The summed E-state index contributed by atoms with van der Waals surface area (Å²) in [5.74, 6) is -0.994. The summed E-state index contributed by atoms with van der Waals surface area (Å²) in [7, 11) is 1.26. The molecule has 0 unspecified atom stereocenters. The minimum absolute atomic E-state index is 0.147. The molecule has 0 saturated heterocycles. The number of esters is 1. The summed E-state index contributed by atoms with van der Waals surface area (Å²) in [6, 6.07) is 13.1. The predicted molar refractivity (Wildman–Crippen MR) is 102 cm³/mol. The van der Waals surface area contributed by atoms with Gasteiger partial charge in [0.25, 0.3) is 5.56 Å². The van der Waals surface area contributed by atoms with Crippen LogP contribution in [0.15, 0.2) is 65.7 Å². The monoisotopic (exact) mass is 377 g/mol. The zero-order valence-corrected chi connectivity index (χ0v) is 15.2. The lowest BCUT2D eigenvalue weighted by atomic mass is 10.1. The van der Waals surface area contributed by atoms with Crippen LogP contribution in [-0.2, 0) is 4.74 Å². The van der Waals surface area contributed by atoms with Crippen molar-refractivity contribution in [3.8, 4) is 22.6 Å². The lowest BCUT2D eigenvalue weighted by Gasteiger charge is -2.11. The van der Waals surface area contributed by atoms with Crippen LogP contribution in [0.5, 0.6) is 0 Å². The van der Waals surface area contributed by atoms with Crippen LogP contribution in [0.25, 0.3) is 22.6 Å². The SMILES string of the molecule is COC(=O)c1cn(-c2ccc(F)cc2)cc2c(=O)n(-c3ccccc3C)nc1-2. The molecule has 0 saturated carbocycles. The van der Waals surface area contributed by atoms with Gasteiger partial charge in [-0.05, 0) is 42.8 Å². The Morgan fingerprint density at radius 2 is 1.79 bits per heavy atom. The van der Waals surface area contributed by atoms with Gasteiger partial charge in [-0.3, -0.25) is 4.79 Å². The van der Waals surface area contributed by atoms with Crippen molar-refractivity contribution in [2.75, 3.05) is 7.11 Å². The van der Waals surface area contributed by atoms with E-state index in [1.807, 2.05) is 25.1 Å². The van der Waals surface area contributed by atoms with Crippen molar-refractivity contribution in [3.05, 3.63) is 88.2 Å². The van der Waals surface area contributed by atoms with Crippen LogP contribution in [0.1, 0.15) is 15.9 Å². The van der Waals surface area contributed by atoms with Crippen molar-refractivity contribution < 1.29 is 13.9 Å². The van der Waals surface area contributed by atoms with E-state index in [9.17, 15) is 14.0 Å². The Labute approximate surface area is 159 Å². The molecule has 0 bridgehead atoms. The number of aryl methyl sites for hydroxylation is 1. The molecular formula is C21H16FN3O3. The molecule has 0 N–H and O–H groups in total. The van der Waals surface area contributed by atoms with E-state index < -0.39 is 5.97 Å². The molecule has 0 aromatic heterocycles. The van der Waals surface area contributed by atoms with E-state index in [2.05, 4.69) is 5.10 Å². The van der Waals surface area contributed by atoms with Gasteiger partial charge < -0.3 is 9.30 Å². The number of methoxy groups -OCH3 is 1. The van der Waals surface area contributed by atoms with Gasteiger partial charge in [-0.1, -0.05) is 18.2 Å². The molecule has 4 rings (SSSR count). The summed E-state index contributed by atoms with van der Waals surface area (Å²) in [5, 5.41) is 4.39. The number of rotatable bonds is 3. The number of fused-ring (bicyclic) bond motifs is 1. The van der Waals surface area contributed by atoms with Gasteiger partial charge in [0, 0.05) is 18.1 Å². The van der Waals surface area contributed by atoms with Gasteiger partial charge in [0.1, 0.15) is 17.1 Å². The fourth-order valence-electron chi connectivity index (χ4n) is 3.09. The zero-order chi connectivity index (χ0) is 19.8. The molecule has 2 aromatic rings. The van der Waals surface area contributed by atoms with Crippen LogP contribution in [0.3, 0.4) is 0 Å². The molecule has 0 fully saturated rings. The van der Waals surface area contributed by atoms with Crippen LogP contribution < -0.4 is 5.56 Å². The molecular weight excluding hydrogens is 361 g/mol. The molecule has 0 aliphatic carbocycles. The van der Waals surface area contributed by atoms with E-state index in [1.54, 1.807) is 29.0 Å². The highest BCUT2D eigenvalue weighted by molar-refractivity contribution is 5.96. The molecule has 28 heavy (non-hydrogen) atoms. The molecule has 7 heteroatoms. The number of halogens is 1. The molecule has 2 aromatic carbocycles. The molecule has 140 valence electrons. The third kappa shape index (κ3) is 2.87. The van der Waals surface area contributed by atoms with Gasteiger partial charge >= 0.3 is 5.97 Å². The van der Waals surface area contributed by atoms with Crippen LogP contribution in [0, 0.1) is 12.7 Å². The number of hydrogen-bond donors (Lipinski definition) is 0. The smallest absolute Gasteiger partial charge is 0.341 e. The van der Waals surface area contributed by atoms with Crippen LogP contribution in [-0.4, -0.2) is 27.4 Å². The molecule has 0 spiro atoms. The average Bonchev–Trinajstić information content (AvgIpc) is 3.04. The zero-order valence-electron chi connectivity index (χ0n) is 15.2. The largest absolute Gasteiger partial charge is 0.465 e. The highest BCUT2D eigenvalue weighted by atomic mass is 19.1. The Hall–Kier alpha value is -3.74. The van der Waals surface area contributed by atoms with E-state index in [4.69, 9.17) is 4.74 Å². The topological polar surface area (TPSA) is 66.1 Å². The van der Waals surface area contributed by atoms with E-state index in [0.29, 0.717) is 11.4 Å². The number of carbonyl (C=O) groups is 1. The molecule has 2 aliphatic heterocycles. The van der Waals surface area contributed by atoms with Crippen molar-refractivity contribution in [2.45, 2.75) is 6.92 Å². The summed E-state index contributed by atoms with van der Waals surface area (Å²) in [6.45, 7) is 1.88. The van der Waals surface area contributed by atoms with Crippen LogP contribution >= 0.6 is 0 Å². The normalized spacial score (nSPS) is 11.0. The van der Waals surface area contributed by atoms with Gasteiger partial charge in [0.2, 0.25) is 0 Å². The molecule has 0 amide bonds. The fourth-order valence-corrected chi connectivity index (χ4v) is 3.09. The van der Waals surface area contributed by atoms with Gasteiger partial charge in [-0.25, -0.2) is 9.18 Å². The molecule has 0 atom stereocenters. The van der Waals surface area contributed by atoms with E-state index >= 15 is 0 Å². The van der Waals surface area contributed by atoms with Crippen molar-refractivity contribution in [2.24, 2.45) is 0 Å². The molecule has 2 heterocycles. The second-order valence-corrected chi connectivity index (χ2v) is 6.31. The molecule has 2 aliphatic rings. The lowest BCUT2D eigenvalue weighted by molar-refractivity contribution is 0.0600. The predicted octanol–water partition coefficient (Wildman–Crippen LogP) is 3.36. The Bertz CT molecular complexity index is 1210. The number of para-hydroxylation sites is 1. The minimum atomic E-state index is -0.615. The first-order valence-corrected chi connectivity index (χ1v) is 8.55. The summed E-state index contributed by atoms with van der Waals surface area (Å²) < 4.78 is 21.0. The number of nitrogens with zero attached hydrogens (tertiary/aromatic N) is 3. The highest BCUT2D eigenvalue weighted by Crippen LogP contribution is 2.25. The number of pyridine rings is 1. The molecule has 0 radical (unpaired) electrons. The third-order valence-corrected chi connectivity index (χ3v) is 4.54. The van der Waals surface area contributed by atoms with E-state index in [-0.39, 0.29) is 28.2 Å². The van der Waals surface area contributed by atoms with Crippen molar-refractivity contribution in [3.63, 3.8) is 0 Å². The van der Waals surface area contributed by atoms with E-state index in [0.717, 1.165) is 5.56 Å². The molecule has 6 nitrogen and oxygen atoms in total. The summed E-state index contributed by atoms with van der Waals surface area (Å²) >= 11 is 0. The quantitative estimate of drug-likeness (QED) is 0.514. The first-order valence-electron chi connectivity index (χ1n) is 8.55. The second-order valence-electron chi connectivity index (χ2n) is 6.31. The standard InChI is InChI=1S/C21H16FN3O3/c1-13-5-3-4-6-18(13)25-20(26)16-11-24(15-9-7-14(22)8-10-15)12-17(19(16)23-25)21(27)28-2/h3-12H,1-2H3. The first kappa shape index (κ1) is 17.7. The van der Waals surface area contributed by atoms with Crippen LogP contribution in [0.4, 0.5) is 4.39 Å². The number of aromatic nitrogens is 3.